The molecule has 1 N–H and O–H groups in total. The van der Waals surface area contributed by atoms with Crippen LogP contribution in [0.15, 0.2) is 18.2 Å². The summed E-state index contributed by atoms with van der Waals surface area (Å²) >= 11 is 0. The van der Waals surface area contributed by atoms with E-state index in [4.69, 9.17) is 18.9 Å². The second-order valence-corrected chi connectivity index (χ2v) is 4.91. The smallest absolute Gasteiger partial charge is 0.251 e. The highest BCUT2D eigenvalue weighted by Gasteiger charge is 2.30. The zero-order chi connectivity index (χ0) is 15.3. The van der Waals surface area contributed by atoms with E-state index in [1.165, 1.54) is 7.11 Å². The van der Waals surface area contributed by atoms with Crippen LogP contribution in [0, 0.1) is 0 Å². The van der Waals surface area contributed by atoms with Crippen LogP contribution >= 0.6 is 0 Å². The Kier molecular flexibility index (Phi) is 5.03. The SMILES string of the molecule is COc1ccc(C(=O)NCCC2(C)OCCO2)cc1OC. The lowest BCUT2D eigenvalue weighted by Gasteiger charge is -2.22. The lowest BCUT2D eigenvalue weighted by atomic mass is 10.1. The lowest BCUT2D eigenvalue weighted by Crippen LogP contribution is -2.33. The highest BCUT2D eigenvalue weighted by atomic mass is 16.7. The van der Waals surface area contributed by atoms with Gasteiger partial charge in [-0.15, -0.1) is 0 Å². The molecule has 1 heterocycles. The molecule has 0 aliphatic carbocycles. The van der Waals surface area contributed by atoms with Gasteiger partial charge in [0.15, 0.2) is 17.3 Å². The van der Waals surface area contributed by atoms with Gasteiger partial charge in [0.25, 0.3) is 5.91 Å². The van der Waals surface area contributed by atoms with E-state index in [0.717, 1.165) is 0 Å². The Balaban J connectivity index is 1.91. The summed E-state index contributed by atoms with van der Waals surface area (Å²) in [6.45, 7) is 3.55. The molecule has 1 saturated heterocycles. The maximum atomic E-state index is 12.1. The van der Waals surface area contributed by atoms with Crippen LogP contribution in [-0.2, 0) is 9.47 Å². The van der Waals surface area contributed by atoms with E-state index >= 15 is 0 Å². The summed E-state index contributed by atoms with van der Waals surface area (Å²) in [5, 5.41) is 2.84. The summed E-state index contributed by atoms with van der Waals surface area (Å²) in [6.07, 6.45) is 0.603. The molecule has 1 amide bonds. The van der Waals surface area contributed by atoms with Crippen molar-refractivity contribution in [1.29, 1.82) is 0 Å². The van der Waals surface area contributed by atoms with Gasteiger partial charge >= 0.3 is 0 Å². The Labute approximate surface area is 124 Å². The van der Waals surface area contributed by atoms with Gasteiger partial charge in [-0.2, -0.15) is 0 Å². The molecule has 1 aliphatic heterocycles. The van der Waals surface area contributed by atoms with Gasteiger partial charge in [-0.05, 0) is 25.1 Å². The topological polar surface area (TPSA) is 66.0 Å². The van der Waals surface area contributed by atoms with Crippen LogP contribution in [-0.4, -0.2) is 45.7 Å². The van der Waals surface area contributed by atoms with Gasteiger partial charge in [-0.1, -0.05) is 0 Å². The zero-order valence-corrected chi connectivity index (χ0v) is 12.6. The van der Waals surface area contributed by atoms with Gasteiger partial charge in [0.1, 0.15) is 0 Å². The molecule has 0 bridgehead atoms. The number of methoxy groups -OCH3 is 2. The first-order chi connectivity index (χ1) is 10.1. The summed E-state index contributed by atoms with van der Waals surface area (Å²) in [6, 6.07) is 5.05. The molecule has 0 saturated carbocycles. The molecule has 0 spiro atoms. The van der Waals surface area contributed by atoms with Gasteiger partial charge in [0.2, 0.25) is 0 Å². The van der Waals surface area contributed by atoms with E-state index in [1.54, 1.807) is 25.3 Å². The van der Waals surface area contributed by atoms with Crippen LogP contribution in [0.1, 0.15) is 23.7 Å². The standard InChI is InChI=1S/C15H21NO5/c1-15(20-8-9-21-15)6-7-16-14(17)11-4-5-12(18-2)13(10-11)19-3/h4-5,10H,6-9H2,1-3H3,(H,16,17). The molecule has 0 atom stereocenters. The van der Waals surface area contributed by atoms with Crippen LogP contribution in [0.25, 0.3) is 0 Å². The second-order valence-electron chi connectivity index (χ2n) is 4.91. The van der Waals surface area contributed by atoms with Gasteiger partial charge in [0, 0.05) is 18.5 Å². The molecule has 6 heteroatoms. The van der Waals surface area contributed by atoms with E-state index < -0.39 is 5.79 Å². The van der Waals surface area contributed by atoms with Crippen molar-refractivity contribution >= 4 is 5.91 Å². The molecule has 1 aliphatic rings. The van der Waals surface area contributed by atoms with Gasteiger partial charge in [-0.3, -0.25) is 4.79 Å². The third-order valence-corrected chi connectivity index (χ3v) is 3.41. The minimum atomic E-state index is -0.592. The molecular formula is C15H21NO5. The van der Waals surface area contributed by atoms with Gasteiger partial charge in [-0.25, -0.2) is 0 Å². The van der Waals surface area contributed by atoms with Crippen molar-refractivity contribution in [2.75, 3.05) is 34.0 Å². The quantitative estimate of drug-likeness (QED) is 0.863. The number of rotatable bonds is 6. The molecule has 6 nitrogen and oxygen atoms in total. The lowest BCUT2D eigenvalue weighted by molar-refractivity contribution is -0.145. The average molecular weight is 295 g/mol. The van der Waals surface area contributed by atoms with Crippen LogP contribution in [0.3, 0.4) is 0 Å². The molecule has 116 valence electrons. The molecule has 1 fully saturated rings. The fourth-order valence-electron chi connectivity index (χ4n) is 2.18. The summed E-state index contributed by atoms with van der Waals surface area (Å²) in [5.41, 5.74) is 0.520. The first kappa shape index (κ1) is 15.6. The Hall–Kier alpha value is -1.79. The van der Waals surface area contributed by atoms with E-state index in [9.17, 15) is 4.79 Å². The number of carbonyl (C=O) groups is 1. The number of benzene rings is 1. The van der Waals surface area contributed by atoms with Gasteiger partial charge < -0.3 is 24.3 Å². The van der Waals surface area contributed by atoms with Crippen molar-refractivity contribution in [2.45, 2.75) is 19.1 Å². The van der Waals surface area contributed by atoms with E-state index in [0.29, 0.717) is 43.2 Å². The first-order valence-corrected chi connectivity index (χ1v) is 6.86. The summed E-state index contributed by atoms with van der Waals surface area (Å²) in [5.74, 6) is 0.358. The van der Waals surface area contributed by atoms with E-state index in [-0.39, 0.29) is 5.91 Å². The summed E-state index contributed by atoms with van der Waals surface area (Å²) in [7, 11) is 3.09. The van der Waals surface area contributed by atoms with Crippen LogP contribution in [0.2, 0.25) is 0 Å². The number of amides is 1. The molecular weight excluding hydrogens is 274 g/mol. The molecule has 0 unspecified atom stereocenters. The molecule has 0 radical (unpaired) electrons. The number of nitrogens with one attached hydrogen (secondary N) is 1. The third kappa shape index (κ3) is 3.86. The largest absolute Gasteiger partial charge is 0.493 e. The van der Waals surface area contributed by atoms with Crippen molar-refractivity contribution < 1.29 is 23.7 Å². The van der Waals surface area contributed by atoms with Crippen molar-refractivity contribution in [3.8, 4) is 11.5 Å². The van der Waals surface area contributed by atoms with Crippen LogP contribution in [0.4, 0.5) is 0 Å². The van der Waals surface area contributed by atoms with Crippen molar-refractivity contribution in [3.05, 3.63) is 23.8 Å². The predicted molar refractivity (Wildman–Crippen MR) is 76.8 cm³/mol. The normalized spacial score (nSPS) is 16.5. The molecule has 1 aromatic rings. The van der Waals surface area contributed by atoms with Crippen molar-refractivity contribution in [2.24, 2.45) is 0 Å². The van der Waals surface area contributed by atoms with E-state index in [2.05, 4.69) is 5.32 Å². The minimum Gasteiger partial charge on any atom is -0.493 e. The fraction of sp³-hybridized carbons (Fsp3) is 0.533. The Bertz CT molecular complexity index is 497. The molecule has 0 aromatic heterocycles. The third-order valence-electron chi connectivity index (χ3n) is 3.41. The monoisotopic (exact) mass is 295 g/mol. The molecule has 21 heavy (non-hydrogen) atoms. The minimum absolute atomic E-state index is 0.169. The Morgan fingerprint density at radius 2 is 1.90 bits per heavy atom. The molecule has 2 rings (SSSR count). The summed E-state index contributed by atoms with van der Waals surface area (Å²) < 4.78 is 21.3. The number of carbonyl (C=O) groups excluding carboxylic acids is 1. The highest BCUT2D eigenvalue weighted by Crippen LogP contribution is 2.27. The van der Waals surface area contributed by atoms with E-state index in [1.807, 2.05) is 6.92 Å². The highest BCUT2D eigenvalue weighted by molar-refractivity contribution is 5.94. The van der Waals surface area contributed by atoms with Crippen molar-refractivity contribution in [3.63, 3.8) is 0 Å². The average Bonchev–Trinajstić information content (AvgIpc) is 2.93. The zero-order valence-electron chi connectivity index (χ0n) is 12.6. The van der Waals surface area contributed by atoms with Gasteiger partial charge in [0.05, 0.1) is 27.4 Å². The van der Waals surface area contributed by atoms with Crippen LogP contribution < -0.4 is 14.8 Å². The maximum absolute atomic E-state index is 12.1. The van der Waals surface area contributed by atoms with Crippen molar-refractivity contribution in [1.82, 2.24) is 5.32 Å². The number of hydrogen-bond donors (Lipinski definition) is 1. The number of ether oxygens (including phenoxy) is 4. The first-order valence-electron chi connectivity index (χ1n) is 6.86. The van der Waals surface area contributed by atoms with Crippen LogP contribution in [0.5, 0.6) is 11.5 Å². The maximum Gasteiger partial charge on any atom is 0.251 e. The summed E-state index contributed by atoms with van der Waals surface area (Å²) in [4.78, 5) is 12.1. The second kappa shape index (κ2) is 6.78. The fourth-order valence-corrected chi connectivity index (χ4v) is 2.18. The number of hydrogen-bond acceptors (Lipinski definition) is 5. The molecule has 1 aromatic carbocycles. The Morgan fingerprint density at radius 3 is 2.52 bits per heavy atom. The Morgan fingerprint density at radius 1 is 1.24 bits per heavy atom. The predicted octanol–water partition coefficient (Wildman–Crippen LogP) is 1.59.